The minimum Gasteiger partial charge on any atom is -0.508 e. The molecule has 0 bridgehead atoms. The first-order valence-electron chi connectivity index (χ1n) is 9.86. The molecule has 2 aromatic carbocycles. The van der Waals surface area contributed by atoms with Crippen LogP contribution in [0, 0.1) is 0 Å². The first-order valence-corrected chi connectivity index (χ1v) is 11.7. The molecule has 4 rings (SSSR count). The van der Waals surface area contributed by atoms with Gasteiger partial charge in [-0.2, -0.15) is 4.31 Å². The second-order valence-electron chi connectivity index (χ2n) is 7.58. The topological polar surface area (TPSA) is 100 Å². The zero-order valence-electron chi connectivity index (χ0n) is 17.4. The van der Waals surface area contributed by atoms with Gasteiger partial charge in [0.05, 0.1) is 18.9 Å². The number of carbonyl (C=O) groups excluding carboxylic acids is 1. The maximum Gasteiger partial charge on any atom is 0.211 e. The molecule has 0 aliphatic carbocycles. The van der Waals surface area contributed by atoms with Crippen LogP contribution in [0.3, 0.4) is 0 Å². The Morgan fingerprint density at radius 1 is 1.10 bits per heavy atom. The summed E-state index contributed by atoms with van der Waals surface area (Å²) in [6.07, 6.45) is 2.62. The highest BCUT2D eigenvalue weighted by Gasteiger charge is 2.26. The SMILES string of the molecule is COc1ccc(C(=O)c2coc3ccc(O)c(CN4CCN(S(C)(=O)=O)CC4)c23)cc1. The molecule has 1 aromatic heterocycles. The van der Waals surface area contributed by atoms with Crippen molar-refractivity contribution in [3.05, 3.63) is 59.4 Å². The Morgan fingerprint density at radius 2 is 1.77 bits per heavy atom. The van der Waals surface area contributed by atoms with E-state index in [1.54, 1.807) is 43.5 Å². The van der Waals surface area contributed by atoms with Crippen LogP contribution < -0.4 is 4.74 Å². The van der Waals surface area contributed by atoms with E-state index in [9.17, 15) is 18.3 Å². The third kappa shape index (κ3) is 4.30. The summed E-state index contributed by atoms with van der Waals surface area (Å²) in [6, 6.07) is 10.0. The number of nitrogens with zero attached hydrogens (tertiary/aromatic N) is 2. The lowest BCUT2D eigenvalue weighted by Gasteiger charge is -2.33. The van der Waals surface area contributed by atoms with Gasteiger partial charge in [0.2, 0.25) is 10.0 Å². The number of benzene rings is 2. The van der Waals surface area contributed by atoms with Crippen LogP contribution in [0.5, 0.6) is 11.5 Å². The first-order chi connectivity index (χ1) is 14.8. The van der Waals surface area contributed by atoms with Gasteiger partial charge in [-0.3, -0.25) is 9.69 Å². The van der Waals surface area contributed by atoms with Crippen molar-refractivity contribution < 1.29 is 27.5 Å². The molecule has 1 fully saturated rings. The van der Waals surface area contributed by atoms with E-state index in [1.807, 2.05) is 0 Å². The largest absolute Gasteiger partial charge is 0.508 e. The van der Waals surface area contributed by atoms with Gasteiger partial charge in [0.25, 0.3) is 0 Å². The minimum atomic E-state index is -3.22. The maximum atomic E-state index is 13.2. The summed E-state index contributed by atoms with van der Waals surface area (Å²) < 4.78 is 35.7. The lowest BCUT2D eigenvalue weighted by atomic mass is 9.98. The number of phenolic OH excluding ortho intramolecular Hbond substituents is 1. The number of piperazine rings is 1. The number of rotatable bonds is 6. The second-order valence-corrected chi connectivity index (χ2v) is 9.56. The summed E-state index contributed by atoms with van der Waals surface area (Å²) in [5, 5.41) is 11.2. The minimum absolute atomic E-state index is 0.0724. The average molecular weight is 445 g/mol. The van der Waals surface area contributed by atoms with Crippen molar-refractivity contribution in [2.24, 2.45) is 0 Å². The number of phenols is 1. The van der Waals surface area contributed by atoms with E-state index in [0.29, 0.717) is 66.1 Å². The van der Waals surface area contributed by atoms with Crippen LogP contribution in [0.2, 0.25) is 0 Å². The highest BCUT2D eigenvalue weighted by molar-refractivity contribution is 7.88. The van der Waals surface area contributed by atoms with E-state index < -0.39 is 10.0 Å². The zero-order chi connectivity index (χ0) is 22.2. The predicted molar refractivity (Wildman–Crippen MR) is 116 cm³/mol. The Labute approximate surface area is 180 Å². The van der Waals surface area contributed by atoms with Crippen molar-refractivity contribution in [2.45, 2.75) is 6.54 Å². The molecular weight excluding hydrogens is 420 g/mol. The normalized spacial score (nSPS) is 15.9. The van der Waals surface area contributed by atoms with Crippen molar-refractivity contribution in [3.63, 3.8) is 0 Å². The van der Waals surface area contributed by atoms with Crippen LogP contribution in [-0.2, 0) is 16.6 Å². The van der Waals surface area contributed by atoms with E-state index >= 15 is 0 Å². The van der Waals surface area contributed by atoms with Crippen LogP contribution in [0.1, 0.15) is 21.5 Å². The number of carbonyl (C=O) groups is 1. The molecule has 0 unspecified atom stereocenters. The van der Waals surface area contributed by atoms with Gasteiger partial charge in [-0.15, -0.1) is 0 Å². The summed E-state index contributed by atoms with van der Waals surface area (Å²) >= 11 is 0. The number of ether oxygens (including phenoxy) is 1. The molecule has 164 valence electrons. The van der Waals surface area contributed by atoms with Crippen molar-refractivity contribution in [1.29, 1.82) is 0 Å². The third-order valence-electron chi connectivity index (χ3n) is 5.60. The molecule has 0 radical (unpaired) electrons. The average Bonchev–Trinajstić information content (AvgIpc) is 3.19. The molecule has 1 N–H and O–H groups in total. The summed E-state index contributed by atoms with van der Waals surface area (Å²) in [6.45, 7) is 2.21. The number of hydrogen-bond acceptors (Lipinski definition) is 7. The molecule has 1 saturated heterocycles. The number of fused-ring (bicyclic) bond motifs is 1. The van der Waals surface area contributed by atoms with Crippen LogP contribution in [-0.4, -0.2) is 68.1 Å². The molecule has 1 aliphatic heterocycles. The zero-order valence-corrected chi connectivity index (χ0v) is 18.2. The second kappa shape index (κ2) is 8.33. The molecule has 9 heteroatoms. The Kier molecular flexibility index (Phi) is 5.74. The number of furan rings is 1. The number of hydrogen-bond donors (Lipinski definition) is 1. The summed E-state index contributed by atoms with van der Waals surface area (Å²) in [7, 11) is -1.66. The Bertz CT molecular complexity index is 1210. The van der Waals surface area contributed by atoms with E-state index in [1.165, 1.54) is 16.8 Å². The highest BCUT2D eigenvalue weighted by atomic mass is 32.2. The summed E-state index contributed by atoms with van der Waals surface area (Å²) in [5.74, 6) is 0.513. The number of aromatic hydroxyl groups is 1. The molecule has 2 heterocycles. The van der Waals surface area contributed by atoms with Crippen molar-refractivity contribution in [2.75, 3.05) is 39.5 Å². The van der Waals surface area contributed by atoms with Gasteiger partial charge in [-0.05, 0) is 36.4 Å². The van der Waals surface area contributed by atoms with Gasteiger partial charge in [0.15, 0.2) is 5.78 Å². The lowest BCUT2D eigenvalue weighted by Crippen LogP contribution is -2.47. The molecule has 0 atom stereocenters. The monoisotopic (exact) mass is 444 g/mol. The highest BCUT2D eigenvalue weighted by Crippen LogP contribution is 2.34. The summed E-state index contributed by atoms with van der Waals surface area (Å²) in [4.78, 5) is 15.2. The number of ketones is 1. The Hall–Kier alpha value is -2.88. The molecular formula is C22H24N2O6S. The van der Waals surface area contributed by atoms with E-state index in [2.05, 4.69) is 4.90 Å². The van der Waals surface area contributed by atoms with Gasteiger partial charge in [-0.25, -0.2) is 8.42 Å². The predicted octanol–water partition coefficient (Wildman–Crippen LogP) is 2.46. The van der Waals surface area contributed by atoms with Gasteiger partial charge in [0.1, 0.15) is 23.3 Å². The molecule has 0 amide bonds. The molecule has 0 spiro atoms. The quantitative estimate of drug-likeness (QED) is 0.583. The molecule has 3 aromatic rings. The lowest BCUT2D eigenvalue weighted by molar-refractivity contribution is 0.103. The Balaban J connectivity index is 1.64. The van der Waals surface area contributed by atoms with Gasteiger partial charge in [0, 0.05) is 49.2 Å². The molecule has 1 aliphatic rings. The van der Waals surface area contributed by atoms with E-state index in [-0.39, 0.29) is 11.5 Å². The third-order valence-corrected chi connectivity index (χ3v) is 6.91. The standard InChI is InChI=1S/C22H24N2O6S/c1-29-16-5-3-15(4-6-16)22(26)18-14-30-20-8-7-19(25)17(21(18)20)13-23-9-11-24(12-10-23)31(2,27)28/h3-8,14,25H,9-13H2,1-2H3. The number of methoxy groups -OCH3 is 1. The Morgan fingerprint density at radius 3 is 2.39 bits per heavy atom. The summed E-state index contributed by atoms with van der Waals surface area (Å²) in [5.41, 5.74) is 1.97. The van der Waals surface area contributed by atoms with Gasteiger partial charge >= 0.3 is 0 Å². The molecule has 8 nitrogen and oxygen atoms in total. The van der Waals surface area contributed by atoms with Crippen molar-refractivity contribution in [1.82, 2.24) is 9.21 Å². The fourth-order valence-corrected chi connectivity index (χ4v) is 4.68. The fraction of sp³-hybridized carbons (Fsp3) is 0.318. The van der Waals surface area contributed by atoms with Crippen molar-refractivity contribution in [3.8, 4) is 11.5 Å². The maximum absolute atomic E-state index is 13.2. The smallest absolute Gasteiger partial charge is 0.211 e. The molecule has 31 heavy (non-hydrogen) atoms. The first kappa shape index (κ1) is 21.4. The van der Waals surface area contributed by atoms with Gasteiger partial charge in [-0.1, -0.05) is 0 Å². The fourth-order valence-electron chi connectivity index (χ4n) is 3.86. The molecule has 0 saturated carbocycles. The van der Waals surface area contributed by atoms with E-state index in [0.717, 1.165) is 0 Å². The van der Waals surface area contributed by atoms with Crippen LogP contribution in [0.25, 0.3) is 11.0 Å². The van der Waals surface area contributed by atoms with E-state index in [4.69, 9.17) is 9.15 Å². The van der Waals surface area contributed by atoms with Crippen LogP contribution in [0.4, 0.5) is 0 Å². The number of sulfonamides is 1. The van der Waals surface area contributed by atoms with Crippen LogP contribution in [0.15, 0.2) is 47.1 Å². The van der Waals surface area contributed by atoms with Crippen LogP contribution >= 0.6 is 0 Å². The van der Waals surface area contributed by atoms with Crippen molar-refractivity contribution >= 4 is 26.8 Å². The van der Waals surface area contributed by atoms with Gasteiger partial charge < -0.3 is 14.3 Å².